The van der Waals surface area contributed by atoms with Gasteiger partial charge >= 0.3 is 0 Å². The predicted octanol–water partition coefficient (Wildman–Crippen LogP) is 6.54. The molecule has 4 rings (SSSR count). The van der Waals surface area contributed by atoms with E-state index in [4.69, 9.17) is 11.6 Å². The van der Waals surface area contributed by atoms with E-state index in [1.807, 2.05) is 24.3 Å². The number of aliphatic imine (C=N–C) groups is 1. The third-order valence-corrected chi connectivity index (χ3v) is 5.81. The van der Waals surface area contributed by atoms with E-state index in [1.54, 1.807) is 30.3 Å². The zero-order valence-corrected chi connectivity index (χ0v) is 16.9. The summed E-state index contributed by atoms with van der Waals surface area (Å²) in [6.45, 7) is 0. The molecule has 4 nitrogen and oxygen atoms in total. The molecule has 0 atom stereocenters. The van der Waals surface area contributed by atoms with Gasteiger partial charge in [0.25, 0.3) is 0 Å². The molecule has 0 radical (unpaired) electrons. The standard InChI is InChI=1S/C20H12BrClN2O2S/c21-15-8-12(22)7-11(19(15)26)10-23-13-5-6-17(25)14(9-13)20-24-16-3-1-2-4-18(16)27-20/h1-10,25-26H. The first-order valence-electron chi connectivity index (χ1n) is 7.92. The lowest BCUT2D eigenvalue weighted by molar-refractivity contribution is 0.471. The van der Waals surface area contributed by atoms with Gasteiger partial charge in [0.15, 0.2) is 0 Å². The molecule has 2 N–H and O–H groups in total. The number of aromatic hydroxyl groups is 2. The highest BCUT2D eigenvalue weighted by atomic mass is 79.9. The minimum Gasteiger partial charge on any atom is -0.507 e. The molecule has 1 heterocycles. The first kappa shape index (κ1) is 18.0. The summed E-state index contributed by atoms with van der Waals surface area (Å²) in [5.41, 5.74) is 2.61. The molecule has 0 unspecified atom stereocenters. The molecule has 4 aromatic rings. The van der Waals surface area contributed by atoms with E-state index in [1.165, 1.54) is 17.6 Å². The van der Waals surface area contributed by atoms with Gasteiger partial charge in [-0.15, -0.1) is 11.3 Å². The Kier molecular flexibility index (Phi) is 4.86. The van der Waals surface area contributed by atoms with Crippen LogP contribution in [0.4, 0.5) is 5.69 Å². The molecule has 0 aliphatic rings. The van der Waals surface area contributed by atoms with Gasteiger partial charge in [0.2, 0.25) is 0 Å². The van der Waals surface area contributed by atoms with E-state index in [0.717, 1.165) is 15.2 Å². The number of para-hydroxylation sites is 1. The maximum absolute atomic E-state index is 10.3. The molecule has 3 aromatic carbocycles. The van der Waals surface area contributed by atoms with Crippen LogP contribution in [-0.4, -0.2) is 21.4 Å². The average Bonchev–Trinajstić information content (AvgIpc) is 3.08. The van der Waals surface area contributed by atoms with Crippen LogP contribution in [0.1, 0.15) is 5.56 Å². The number of benzene rings is 3. The van der Waals surface area contributed by atoms with Crippen LogP contribution in [0, 0.1) is 0 Å². The van der Waals surface area contributed by atoms with E-state index in [9.17, 15) is 10.2 Å². The van der Waals surface area contributed by atoms with Crippen molar-refractivity contribution in [2.75, 3.05) is 0 Å². The molecule has 0 amide bonds. The van der Waals surface area contributed by atoms with Crippen LogP contribution in [-0.2, 0) is 0 Å². The van der Waals surface area contributed by atoms with Crippen molar-refractivity contribution in [2.45, 2.75) is 0 Å². The largest absolute Gasteiger partial charge is 0.507 e. The monoisotopic (exact) mass is 458 g/mol. The molecular weight excluding hydrogens is 448 g/mol. The Morgan fingerprint density at radius 2 is 1.89 bits per heavy atom. The summed E-state index contributed by atoms with van der Waals surface area (Å²) < 4.78 is 1.55. The number of phenolic OH excluding ortho intramolecular Hbond substituents is 2. The predicted molar refractivity (Wildman–Crippen MR) is 115 cm³/mol. The highest BCUT2D eigenvalue weighted by Crippen LogP contribution is 2.37. The summed E-state index contributed by atoms with van der Waals surface area (Å²) in [5, 5.41) is 21.6. The van der Waals surface area contributed by atoms with E-state index < -0.39 is 0 Å². The van der Waals surface area contributed by atoms with Crippen molar-refractivity contribution in [1.29, 1.82) is 0 Å². The number of hydrogen-bond acceptors (Lipinski definition) is 5. The van der Waals surface area contributed by atoms with Crippen LogP contribution >= 0.6 is 38.9 Å². The summed E-state index contributed by atoms with van der Waals surface area (Å²) in [7, 11) is 0. The Labute approximate surface area is 172 Å². The molecular formula is C20H12BrClN2O2S. The number of halogens is 2. The van der Waals surface area contributed by atoms with Crippen LogP contribution in [0.3, 0.4) is 0 Å². The normalized spacial score (nSPS) is 11.5. The number of aromatic nitrogens is 1. The van der Waals surface area contributed by atoms with Crippen LogP contribution in [0.2, 0.25) is 5.02 Å². The molecule has 0 fully saturated rings. The zero-order chi connectivity index (χ0) is 19.0. The molecule has 7 heteroatoms. The summed E-state index contributed by atoms with van der Waals surface area (Å²) in [5.74, 6) is 0.203. The molecule has 0 saturated carbocycles. The summed E-state index contributed by atoms with van der Waals surface area (Å²) >= 11 is 10.8. The van der Waals surface area contributed by atoms with E-state index >= 15 is 0 Å². The smallest absolute Gasteiger partial charge is 0.138 e. The van der Waals surface area contributed by atoms with Gasteiger partial charge in [-0.25, -0.2) is 4.98 Å². The fraction of sp³-hybridized carbons (Fsp3) is 0. The lowest BCUT2D eigenvalue weighted by Crippen LogP contribution is -1.84. The Hall–Kier alpha value is -2.41. The second-order valence-corrected chi connectivity index (χ2v) is 8.09. The van der Waals surface area contributed by atoms with E-state index in [2.05, 4.69) is 25.9 Å². The van der Waals surface area contributed by atoms with E-state index in [-0.39, 0.29) is 11.5 Å². The van der Waals surface area contributed by atoms with Crippen LogP contribution < -0.4 is 0 Å². The van der Waals surface area contributed by atoms with Crippen LogP contribution in [0.5, 0.6) is 11.5 Å². The molecule has 134 valence electrons. The number of phenols is 2. The Bertz CT molecular complexity index is 1160. The van der Waals surface area contributed by atoms with Gasteiger partial charge in [0, 0.05) is 16.8 Å². The SMILES string of the molecule is Oc1ccc(N=Cc2cc(Cl)cc(Br)c2O)cc1-c1nc2ccccc2s1. The highest BCUT2D eigenvalue weighted by Gasteiger charge is 2.11. The van der Waals surface area contributed by atoms with Gasteiger partial charge in [-0.3, -0.25) is 4.99 Å². The fourth-order valence-electron chi connectivity index (χ4n) is 2.59. The number of hydrogen-bond donors (Lipinski definition) is 2. The fourth-order valence-corrected chi connectivity index (χ4v) is 4.42. The van der Waals surface area contributed by atoms with Gasteiger partial charge in [-0.2, -0.15) is 0 Å². The summed E-state index contributed by atoms with van der Waals surface area (Å²) in [4.78, 5) is 8.99. The zero-order valence-electron chi connectivity index (χ0n) is 13.7. The van der Waals surface area contributed by atoms with Crippen LogP contribution in [0.25, 0.3) is 20.8 Å². The van der Waals surface area contributed by atoms with Crippen LogP contribution in [0.15, 0.2) is 64.1 Å². The second-order valence-electron chi connectivity index (χ2n) is 5.77. The van der Waals surface area contributed by atoms with Crippen molar-refractivity contribution in [3.63, 3.8) is 0 Å². The molecule has 0 aliphatic heterocycles. The molecule has 0 spiro atoms. The van der Waals surface area contributed by atoms with Crippen molar-refractivity contribution >= 4 is 61.0 Å². The Morgan fingerprint density at radius 1 is 1.07 bits per heavy atom. The minimum atomic E-state index is 0.0633. The van der Waals surface area contributed by atoms with Gasteiger partial charge < -0.3 is 10.2 Å². The summed E-state index contributed by atoms with van der Waals surface area (Å²) in [6, 6.07) is 16.1. The topological polar surface area (TPSA) is 65.7 Å². The van der Waals surface area contributed by atoms with Gasteiger partial charge in [-0.1, -0.05) is 23.7 Å². The van der Waals surface area contributed by atoms with Crippen molar-refractivity contribution in [3.05, 3.63) is 69.7 Å². The van der Waals surface area contributed by atoms with Gasteiger partial charge in [0.05, 0.1) is 25.9 Å². The average molecular weight is 460 g/mol. The second kappa shape index (κ2) is 7.31. The van der Waals surface area contributed by atoms with Gasteiger partial charge in [0.1, 0.15) is 16.5 Å². The molecule has 0 bridgehead atoms. The van der Waals surface area contributed by atoms with E-state index in [0.29, 0.717) is 26.3 Å². The van der Waals surface area contributed by atoms with Crippen molar-refractivity contribution in [3.8, 4) is 22.1 Å². The first-order valence-corrected chi connectivity index (χ1v) is 9.91. The molecule has 1 aromatic heterocycles. The molecule has 27 heavy (non-hydrogen) atoms. The van der Waals surface area contributed by atoms with Crippen molar-refractivity contribution in [1.82, 2.24) is 4.98 Å². The molecule has 0 aliphatic carbocycles. The Balaban J connectivity index is 1.72. The summed E-state index contributed by atoms with van der Waals surface area (Å²) in [6.07, 6.45) is 1.53. The Morgan fingerprint density at radius 3 is 2.70 bits per heavy atom. The number of nitrogens with zero attached hydrogens (tertiary/aromatic N) is 2. The van der Waals surface area contributed by atoms with Crippen molar-refractivity contribution in [2.24, 2.45) is 4.99 Å². The minimum absolute atomic E-state index is 0.0633. The number of thiazole rings is 1. The maximum Gasteiger partial charge on any atom is 0.138 e. The lowest BCUT2D eigenvalue weighted by Gasteiger charge is -2.04. The lowest BCUT2D eigenvalue weighted by atomic mass is 10.2. The number of fused-ring (bicyclic) bond motifs is 1. The highest BCUT2D eigenvalue weighted by molar-refractivity contribution is 9.10. The quantitative estimate of drug-likeness (QED) is 0.342. The number of rotatable bonds is 3. The first-order chi connectivity index (χ1) is 13.0. The third kappa shape index (κ3) is 3.69. The van der Waals surface area contributed by atoms with Gasteiger partial charge in [-0.05, 0) is 58.4 Å². The third-order valence-electron chi connectivity index (χ3n) is 3.91. The molecule has 0 saturated heterocycles. The van der Waals surface area contributed by atoms with Crippen molar-refractivity contribution < 1.29 is 10.2 Å². The maximum atomic E-state index is 10.3.